The van der Waals surface area contributed by atoms with Crippen molar-refractivity contribution in [1.82, 2.24) is 5.32 Å². The Hall–Kier alpha value is -1.02. The van der Waals surface area contributed by atoms with E-state index in [1.165, 1.54) is 31.4 Å². The molecule has 16 heavy (non-hydrogen) atoms. The first-order chi connectivity index (χ1) is 7.84. The highest BCUT2D eigenvalue weighted by molar-refractivity contribution is 5.27. The second-order valence-electron chi connectivity index (χ2n) is 4.60. The molecule has 0 amide bonds. The molecular weight excluding hydrogens is 198 g/mol. The summed E-state index contributed by atoms with van der Waals surface area (Å²) in [5, 5.41) is 3.54. The summed E-state index contributed by atoms with van der Waals surface area (Å²) in [5.74, 6) is 0.996. The van der Waals surface area contributed by atoms with Crippen LogP contribution in [0.25, 0.3) is 0 Å². The molecule has 1 saturated heterocycles. The predicted octanol–water partition coefficient (Wildman–Crippen LogP) is 2.91. The van der Waals surface area contributed by atoms with Gasteiger partial charge in [0, 0.05) is 6.04 Å². The molecule has 1 atom stereocenters. The SMILES string of the molecule is Cc1cccc(OCC[C@H]2CCCCN2)c1. The lowest BCUT2D eigenvalue weighted by Gasteiger charge is -2.23. The molecule has 1 N–H and O–H groups in total. The summed E-state index contributed by atoms with van der Waals surface area (Å²) in [7, 11) is 0. The van der Waals surface area contributed by atoms with Crippen molar-refractivity contribution in [2.75, 3.05) is 13.2 Å². The Morgan fingerprint density at radius 3 is 3.06 bits per heavy atom. The van der Waals surface area contributed by atoms with E-state index in [2.05, 4.69) is 24.4 Å². The molecule has 2 nitrogen and oxygen atoms in total. The van der Waals surface area contributed by atoms with Crippen molar-refractivity contribution in [1.29, 1.82) is 0 Å². The van der Waals surface area contributed by atoms with Crippen molar-refractivity contribution in [2.24, 2.45) is 0 Å². The Bertz CT molecular complexity index is 318. The average Bonchev–Trinajstić information content (AvgIpc) is 2.30. The zero-order valence-electron chi connectivity index (χ0n) is 10.0. The fourth-order valence-corrected chi connectivity index (χ4v) is 2.19. The maximum absolute atomic E-state index is 5.75. The quantitative estimate of drug-likeness (QED) is 0.840. The number of piperidine rings is 1. The normalized spacial score (nSPS) is 20.7. The van der Waals surface area contributed by atoms with E-state index in [-0.39, 0.29) is 0 Å². The summed E-state index contributed by atoms with van der Waals surface area (Å²) in [6.07, 6.45) is 5.11. The Morgan fingerprint density at radius 1 is 1.38 bits per heavy atom. The molecule has 0 bridgehead atoms. The van der Waals surface area contributed by atoms with E-state index in [1.807, 2.05) is 12.1 Å². The Balaban J connectivity index is 1.71. The van der Waals surface area contributed by atoms with Gasteiger partial charge in [-0.2, -0.15) is 0 Å². The van der Waals surface area contributed by atoms with Crippen LogP contribution in [-0.2, 0) is 0 Å². The van der Waals surface area contributed by atoms with Crippen LogP contribution < -0.4 is 10.1 Å². The van der Waals surface area contributed by atoms with Gasteiger partial charge in [-0.05, 0) is 50.4 Å². The summed E-state index contributed by atoms with van der Waals surface area (Å²) in [5.41, 5.74) is 1.26. The van der Waals surface area contributed by atoms with E-state index >= 15 is 0 Å². The van der Waals surface area contributed by atoms with E-state index in [0.29, 0.717) is 6.04 Å². The van der Waals surface area contributed by atoms with Gasteiger partial charge in [0.05, 0.1) is 6.61 Å². The van der Waals surface area contributed by atoms with Crippen molar-refractivity contribution in [3.8, 4) is 5.75 Å². The summed E-state index contributed by atoms with van der Waals surface area (Å²) in [6, 6.07) is 8.92. The third kappa shape index (κ3) is 3.53. The van der Waals surface area contributed by atoms with Crippen LogP contribution >= 0.6 is 0 Å². The van der Waals surface area contributed by atoms with Crippen molar-refractivity contribution >= 4 is 0 Å². The number of aryl methyl sites for hydroxylation is 1. The molecule has 1 aliphatic rings. The smallest absolute Gasteiger partial charge is 0.119 e. The zero-order valence-corrected chi connectivity index (χ0v) is 10.0. The Morgan fingerprint density at radius 2 is 2.31 bits per heavy atom. The highest BCUT2D eigenvalue weighted by Crippen LogP contribution is 2.14. The minimum Gasteiger partial charge on any atom is -0.494 e. The fraction of sp³-hybridized carbons (Fsp3) is 0.571. The lowest BCUT2D eigenvalue weighted by molar-refractivity contribution is 0.268. The summed E-state index contributed by atoms with van der Waals surface area (Å²) in [4.78, 5) is 0. The number of ether oxygens (including phenoxy) is 1. The largest absolute Gasteiger partial charge is 0.494 e. The maximum atomic E-state index is 5.75. The molecule has 1 heterocycles. The minimum absolute atomic E-state index is 0.665. The first-order valence-corrected chi connectivity index (χ1v) is 6.27. The molecular formula is C14H21NO. The van der Waals surface area contributed by atoms with E-state index in [0.717, 1.165) is 18.8 Å². The molecule has 2 rings (SSSR count). The predicted molar refractivity (Wildman–Crippen MR) is 66.9 cm³/mol. The molecule has 2 heteroatoms. The van der Waals surface area contributed by atoms with Gasteiger partial charge >= 0.3 is 0 Å². The molecule has 0 aromatic heterocycles. The molecule has 1 aliphatic heterocycles. The average molecular weight is 219 g/mol. The van der Waals surface area contributed by atoms with Gasteiger partial charge in [-0.25, -0.2) is 0 Å². The zero-order chi connectivity index (χ0) is 11.2. The monoisotopic (exact) mass is 219 g/mol. The van der Waals surface area contributed by atoms with Crippen LogP contribution in [-0.4, -0.2) is 19.2 Å². The van der Waals surface area contributed by atoms with Crippen molar-refractivity contribution < 1.29 is 4.74 Å². The second-order valence-corrected chi connectivity index (χ2v) is 4.60. The number of benzene rings is 1. The molecule has 1 aromatic carbocycles. The van der Waals surface area contributed by atoms with Gasteiger partial charge in [0.25, 0.3) is 0 Å². The Kier molecular flexibility index (Phi) is 4.23. The van der Waals surface area contributed by atoms with Crippen LogP contribution in [0.15, 0.2) is 24.3 Å². The minimum atomic E-state index is 0.665. The highest BCUT2D eigenvalue weighted by Gasteiger charge is 2.11. The van der Waals surface area contributed by atoms with Gasteiger partial charge in [-0.15, -0.1) is 0 Å². The van der Waals surface area contributed by atoms with Crippen molar-refractivity contribution in [3.63, 3.8) is 0 Å². The van der Waals surface area contributed by atoms with E-state index in [9.17, 15) is 0 Å². The summed E-state index contributed by atoms with van der Waals surface area (Å²) < 4.78 is 5.75. The fourth-order valence-electron chi connectivity index (χ4n) is 2.19. The molecule has 0 radical (unpaired) electrons. The van der Waals surface area contributed by atoms with Gasteiger partial charge in [-0.1, -0.05) is 18.6 Å². The number of hydrogen-bond acceptors (Lipinski definition) is 2. The van der Waals surface area contributed by atoms with Gasteiger partial charge in [0.15, 0.2) is 0 Å². The molecule has 1 aromatic rings. The highest BCUT2D eigenvalue weighted by atomic mass is 16.5. The first kappa shape index (κ1) is 11.5. The van der Waals surface area contributed by atoms with Gasteiger partial charge < -0.3 is 10.1 Å². The van der Waals surface area contributed by atoms with Gasteiger partial charge in [-0.3, -0.25) is 0 Å². The number of rotatable bonds is 4. The second kappa shape index (κ2) is 5.90. The molecule has 0 unspecified atom stereocenters. The van der Waals surface area contributed by atoms with Crippen LogP contribution in [0.2, 0.25) is 0 Å². The molecule has 88 valence electrons. The van der Waals surface area contributed by atoms with Crippen molar-refractivity contribution in [3.05, 3.63) is 29.8 Å². The molecule has 0 aliphatic carbocycles. The lowest BCUT2D eigenvalue weighted by atomic mass is 10.0. The molecule has 0 saturated carbocycles. The summed E-state index contributed by atoms with van der Waals surface area (Å²) >= 11 is 0. The van der Waals surface area contributed by atoms with Crippen LogP contribution in [0.4, 0.5) is 0 Å². The third-order valence-corrected chi connectivity index (χ3v) is 3.14. The lowest BCUT2D eigenvalue weighted by Crippen LogP contribution is -2.35. The molecule has 1 fully saturated rings. The van der Waals surface area contributed by atoms with Gasteiger partial charge in [0.1, 0.15) is 5.75 Å². The molecule has 0 spiro atoms. The Labute approximate surface area is 98.0 Å². The van der Waals surface area contributed by atoms with Crippen LogP contribution in [0.3, 0.4) is 0 Å². The first-order valence-electron chi connectivity index (χ1n) is 6.27. The van der Waals surface area contributed by atoms with Crippen LogP contribution in [0, 0.1) is 6.92 Å². The van der Waals surface area contributed by atoms with Crippen LogP contribution in [0.1, 0.15) is 31.2 Å². The van der Waals surface area contributed by atoms with E-state index < -0.39 is 0 Å². The van der Waals surface area contributed by atoms with Crippen molar-refractivity contribution in [2.45, 2.75) is 38.6 Å². The maximum Gasteiger partial charge on any atom is 0.119 e. The number of hydrogen-bond donors (Lipinski definition) is 1. The summed E-state index contributed by atoms with van der Waals surface area (Å²) in [6.45, 7) is 4.09. The standard InChI is InChI=1S/C14H21NO/c1-12-5-4-7-14(11-12)16-10-8-13-6-2-3-9-15-13/h4-5,7,11,13,15H,2-3,6,8-10H2,1H3/t13-/m1/s1. The van der Waals surface area contributed by atoms with E-state index in [4.69, 9.17) is 4.74 Å². The van der Waals surface area contributed by atoms with E-state index in [1.54, 1.807) is 0 Å². The third-order valence-electron chi connectivity index (χ3n) is 3.14. The number of nitrogens with one attached hydrogen (secondary N) is 1. The topological polar surface area (TPSA) is 21.3 Å². The van der Waals surface area contributed by atoms with Crippen LogP contribution in [0.5, 0.6) is 5.75 Å². The van der Waals surface area contributed by atoms with Gasteiger partial charge in [0.2, 0.25) is 0 Å².